The smallest absolute Gasteiger partial charge is 0.139 e. The Balaban J connectivity index is 0. The van der Waals surface area contributed by atoms with Crippen LogP contribution in [-0.2, 0) is 4.74 Å². The largest absolute Gasteiger partial charge is 0.492 e. The van der Waals surface area contributed by atoms with Crippen molar-refractivity contribution in [1.29, 1.82) is 0 Å². The van der Waals surface area contributed by atoms with Crippen molar-refractivity contribution in [3.05, 3.63) is 24.1 Å². The first-order valence-electron chi connectivity index (χ1n) is 5.57. The Hall–Kier alpha value is -1.05. The SMILES string of the molecule is C=C(C)/C(=C\N=C(C)C)OCCC.CC. The molecule has 0 aromatic rings. The molecule has 0 rings (SSSR count). The quantitative estimate of drug-likeness (QED) is 0.376. The van der Waals surface area contributed by atoms with Gasteiger partial charge in [-0.15, -0.1) is 0 Å². The minimum Gasteiger partial charge on any atom is -0.492 e. The molecule has 0 amide bonds. The zero-order valence-electron chi connectivity index (χ0n) is 11.1. The second-order valence-corrected chi connectivity index (χ2v) is 3.20. The molecule has 0 aliphatic rings. The van der Waals surface area contributed by atoms with Crippen LogP contribution in [0, 0.1) is 0 Å². The molecule has 0 spiro atoms. The predicted octanol–water partition coefficient (Wildman–Crippen LogP) is 4.34. The highest BCUT2D eigenvalue weighted by Gasteiger charge is 1.96. The van der Waals surface area contributed by atoms with Crippen molar-refractivity contribution in [3.63, 3.8) is 0 Å². The van der Waals surface area contributed by atoms with Crippen molar-refractivity contribution in [1.82, 2.24) is 0 Å². The van der Waals surface area contributed by atoms with Crippen LogP contribution in [0.4, 0.5) is 0 Å². The normalized spacial score (nSPS) is 9.87. The van der Waals surface area contributed by atoms with Gasteiger partial charge < -0.3 is 4.74 Å². The average Bonchev–Trinajstić information content (AvgIpc) is 2.20. The van der Waals surface area contributed by atoms with Crippen LogP contribution < -0.4 is 0 Å². The molecule has 0 radical (unpaired) electrons. The Morgan fingerprint density at radius 1 is 1.27 bits per heavy atom. The van der Waals surface area contributed by atoms with Crippen molar-refractivity contribution in [3.8, 4) is 0 Å². The number of allylic oxidation sites excluding steroid dienone is 1. The first-order chi connectivity index (χ1) is 7.07. The summed E-state index contributed by atoms with van der Waals surface area (Å²) >= 11 is 0. The van der Waals surface area contributed by atoms with E-state index in [2.05, 4.69) is 18.5 Å². The molecule has 0 aliphatic heterocycles. The standard InChI is InChI=1S/C11H19NO.C2H6/c1-6-7-13-11(9(2)3)8-12-10(4)5;1-2/h8H,2,6-7H2,1,3-5H3;1-2H3/b11-8+;. The summed E-state index contributed by atoms with van der Waals surface area (Å²) in [6.45, 7) is 16.4. The highest BCUT2D eigenvalue weighted by Crippen LogP contribution is 2.09. The fourth-order valence-electron chi connectivity index (χ4n) is 0.670. The summed E-state index contributed by atoms with van der Waals surface area (Å²) in [4.78, 5) is 4.17. The molecule has 0 bridgehead atoms. The minimum atomic E-state index is 0.719. The van der Waals surface area contributed by atoms with Crippen molar-refractivity contribution in [2.75, 3.05) is 6.61 Å². The van der Waals surface area contributed by atoms with Crippen LogP contribution in [0.25, 0.3) is 0 Å². The number of rotatable bonds is 5. The Kier molecular flexibility index (Phi) is 12.0. The van der Waals surface area contributed by atoms with Gasteiger partial charge in [-0.3, -0.25) is 4.99 Å². The molecule has 2 nitrogen and oxygen atoms in total. The van der Waals surface area contributed by atoms with Gasteiger partial charge in [0.2, 0.25) is 0 Å². The third kappa shape index (κ3) is 10.9. The van der Waals surface area contributed by atoms with Gasteiger partial charge in [-0.1, -0.05) is 27.4 Å². The maximum atomic E-state index is 5.46. The third-order valence-electron chi connectivity index (χ3n) is 1.32. The van der Waals surface area contributed by atoms with Crippen LogP contribution in [0.2, 0.25) is 0 Å². The molecule has 0 unspecified atom stereocenters. The summed E-state index contributed by atoms with van der Waals surface area (Å²) < 4.78 is 5.46. The molecule has 0 atom stereocenters. The molecule has 88 valence electrons. The van der Waals surface area contributed by atoms with E-state index in [1.54, 1.807) is 6.20 Å². The minimum absolute atomic E-state index is 0.719. The topological polar surface area (TPSA) is 21.6 Å². The summed E-state index contributed by atoms with van der Waals surface area (Å²) in [6.07, 6.45) is 2.73. The molecule has 0 aromatic carbocycles. The molecule has 15 heavy (non-hydrogen) atoms. The maximum Gasteiger partial charge on any atom is 0.139 e. The maximum absolute atomic E-state index is 5.46. The van der Waals surface area contributed by atoms with E-state index in [1.165, 1.54) is 0 Å². The molecule has 0 aromatic heterocycles. The monoisotopic (exact) mass is 211 g/mol. The van der Waals surface area contributed by atoms with Crippen LogP contribution in [0.5, 0.6) is 0 Å². The highest BCUT2D eigenvalue weighted by atomic mass is 16.5. The van der Waals surface area contributed by atoms with Crippen LogP contribution in [0.15, 0.2) is 29.1 Å². The summed E-state index contributed by atoms with van der Waals surface area (Å²) in [5.41, 5.74) is 1.93. The summed E-state index contributed by atoms with van der Waals surface area (Å²) in [7, 11) is 0. The van der Waals surface area contributed by atoms with Gasteiger partial charge >= 0.3 is 0 Å². The Morgan fingerprint density at radius 3 is 2.13 bits per heavy atom. The van der Waals surface area contributed by atoms with Crippen LogP contribution in [-0.4, -0.2) is 12.3 Å². The Labute approximate surface area is 94.8 Å². The second-order valence-electron chi connectivity index (χ2n) is 3.20. The molecule has 0 saturated carbocycles. The van der Waals surface area contributed by atoms with Gasteiger partial charge in [0.05, 0.1) is 12.8 Å². The van der Waals surface area contributed by atoms with Crippen molar-refractivity contribution in [2.45, 2.75) is 48.0 Å². The Morgan fingerprint density at radius 2 is 1.80 bits per heavy atom. The lowest BCUT2D eigenvalue weighted by molar-refractivity contribution is 0.220. The average molecular weight is 211 g/mol. The lowest BCUT2D eigenvalue weighted by Crippen LogP contribution is -1.94. The van der Waals surface area contributed by atoms with E-state index >= 15 is 0 Å². The molecule has 0 N–H and O–H groups in total. The molecule has 0 fully saturated rings. The number of nitrogens with zero attached hydrogens (tertiary/aromatic N) is 1. The van der Waals surface area contributed by atoms with Crippen molar-refractivity contribution in [2.24, 2.45) is 4.99 Å². The van der Waals surface area contributed by atoms with E-state index in [-0.39, 0.29) is 0 Å². The van der Waals surface area contributed by atoms with Gasteiger partial charge in [0.1, 0.15) is 5.76 Å². The molecule has 0 heterocycles. The fraction of sp³-hybridized carbons (Fsp3) is 0.615. The van der Waals surface area contributed by atoms with Crippen LogP contribution in [0.1, 0.15) is 48.0 Å². The lowest BCUT2D eigenvalue weighted by Gasteiger charge is -2.07. The number of aliphatic imine (C=N–C) groups is 1. The van der Waals surface area contributed by atoms with E-state index in [4.69, 9.17) is 4.74 Å². The van der Waals surface area contributed by atoms with E-state index in [0.717, 1.165) is 30.1 Å². The van der Waals surface area contributed by atoms with Crippen molar-refractivity contribution >= 4 is 5.71 Å². The molecular formula is C13H25NO. The van der Waals surface area contributed by atoms with Crippen LogP contribution in [0.3, 0.4) is 0 Å². The zero-order valence-corrected chi connectivity index (χ0v) is 11.1. The summed E-state index contributed by atoms with van der Waals surface area (Å²) in [5, 5.41) is 0. The van der Waals surface area contributed by atoms with Gasteiger partial charge in [0, 0.05) is 5.71 Å². The van der Waals surface area contributed by atoms with Crippen LogP contribution >= 0.6 is 0 Å². The van der Waals surface area contributed by atoms with E-state index in [1.807, 2.05) is 34.6 Å². The number of hydrogen-bond donors (Lipinski definition) is 0. The molecule has 0 saturated heterocycles. The van der Waals surface area contributed by atoms with E-state index < -0.39 is 0 Å². The Bertz CT molecular complexity index is 223. The third-order valence-corrected chi connectivity index (χ3v) is 1.32. The second kappa shape index (κ2) is 11.0. The van der Waals surface area contributed by atoms with Gasteiger partial charge in [-0.25, -0.2) is 0 Å². The number of ether oxygens (including phenoxy) is 1. The number of hydrogen-bond acceptors (Lipinski definition) is 2. The first kappa shape index (κ1) is 16.4. The summed E-state index contributed by atoms with van der Waals surface area (Å²) in [6, 6.07) is 0. The van der Waals surface area contributed by atoms with E-state index in [0.29, 0.717) is 0 Å². The molecule has 0 aliphatic carbocycles. The van der Waals surface area contributed by atoms with Gasteiger partial charge in [0.15, 0.2) is 0 Å². The molecular weight excluding hydrogens is 186 g/mol. The highest BCUT2D eigenvalue weighted by molar-refractivity contribution is 5.79. The van der Waals surface area contributed by atoms with Gasteiger partial charge in [-0.05, 0) is 32.8 Å². The summed E-state index contributed by atoms with van der Waals surface area (Å²) in [5.74, 6) is 0.781. The first-order valence-corrected chi connectivity index (χ1v) is 5.57. The molecule has 2 heteroatoms. The van der Waals surface area contributed by atoms with Crippen molar-refractivity contribution < 1.29 is 4.74 Å². The van der Waals surface area contributed by atoms with Gasteiger partial charge in [0.25, 0.3) is 0 Å². The predicted molar refractivity (Wildman–Crippen MR) is 69.3 cm³/mol. The lowest BCUT2D eigenvalue weighted by atomic mass is 10.3. The fourth-order valence-corrected chi connectivity index (χ4v) is 0.670. The van der Waals surface area contributed by atoms with E-state index in [9.17, 15) is 0 Å². The van der Waals surface area contributed by atoms with Gasteiger partial charge in [-0.2, -0.15) is 0 Å². The zero-order chi connectivity index (χ0) is 12.3.